The molecule has 0 aliphatic rings. The third-order valence-electron chi connectivity index (χ3n) is 3.49. The van der Waals surface area contributed by atoms with Crippen LogP contribution in [0, 0.1) is 0 Å². The summed E-state index contributed by atoms with van der Waals surface area (Å²) in [5.74, 6) is 1.23. The molecule has 114 valence electrons. The molecule has 0 aromatic heterocycles. The molecule has 0 heterocycles. The van der Waals surface area contributed by atoms with Gasteiger partial charge in [-0.2, -0.15) is 0 Å². The predicted molar refractivity (Wildman–Crippen MR) is 88.7 cm³/mol. The molecule has 0 bridgehead atoms. The van der Waals surface area contributed by atoms with Crippen LogP contribution in [-0.4, -0.2) is 20.0 Å². The maximum absolute atomic E-state index is 12.2. The molecule has 0 aliphatic carbocycles. The van der Waals surface area contributed by atoms with Crippen molar-refractivity contribution < 1.29 is 14.3 Å². The fourth-order valence-corrected chi connectivity index (χ4v) is 2.21. The molecule has 0 atom stereocenters. The number of hydrogen-bond donors (Lipinski definition) is 0. The summed E-state index contributed by atoms with van der Waals surface area (Å²) in [5.41, 5.74) is 2.70. The van der Waals surface area contributed by atoms with E-state index in [0.29, 0.717) is 17.1 Å². The second kappa shape index (κ2) is 7.46. The summed E-state index contributed by atoms with van der Waals surface area (Å²) >= 11 is 0. The molecule has 3 nitrogen and oxygen atoms in total. The van der Waals surface area contributed by atoms with Crippen LogP contribution < -0.4 is 9.47 Å². The molecule has 2 aromatic carbocycles. The molecule has 0 aliphatic heterocycles. The number of benzene rings is 2. The summed E-state index contributed by atoms with van der Waals surface area (Å²) in [7, 11) is 3.17. The fraction of sp³-hybridized carbons (Fsp3) is 0.211. The largest absolute Gasteiger partial charge is 0.493 e. The molecular weight excluding hydrogens is 276 g/mol. The van der Waals surface area contributed by atoms with Crippen LogP contribution in [0.1, 0.15) is 28.4 Å². The number of allylic oxidation sites excluding steroid dienone is 1. The average molecular weight is 296 g/mol. The number of aryl methyl sites for hydroxylation is 1. The number of carbonyl (C=O) groups excluding carboxylic acids is 1. The van der Waals surface area contributed by atoms with Crippen molar-refractivity contribution in [3.63, 3.8) is 0 Å². The van der Waals surface area contributed by atoms with Gasteiger partial charge in [-0.1, -0.05) is 43.3 Å². The zero-order valence-corrected chi connectivity index (χ0v) is 13.1. The van der Waals surface area contributed by atoms with Crippen LogP contribution in [0.25, 0.3) is 6.08 Å². The molecule has 0 saturated carbocycles. The average Bonchev–Trinajstić information content (AvgIpc) is 2.59. The van der Waals surface area contributed by atoms with E-state index in [4.69, 9.17) is 9.47 Å². The Hall–Kier alpha value is -2.55. The van der Waals surface area contributed by atoms with Gasteiger partial charge in [0, 0.05) is 11.1 Å². The van der Waals surface area contributed by atoms with E-state index in [9.17, 15) is 4.79 Å². The van der Waals surface area contributed by atoms with Gasteiger partial charge in [-0.05, 0) is 30.2 Å². The summed E-state index contributed by atoms with van der Waals surface area (Å²) in [6.07, 6.45) is 4.26. The van der Waals surface area contributed by atoms with E-state index in [1.165, 1.54) is 5.56 Å². The number of hydrogen-bond acceptors (Lipinski definition) is 3. The van der Waals surface area contributed by atoms with Crippen LogP contribution >= 0.6 is 0 Å². The monoisotopic (exact) mass is 296 g/mol. The third-order valence-corrected chi connectivity index (χ3v) is 3.49. The van der Waals surface area contributed by atoms with Gasteiger partial charge in [0.25, 0.3) is 0 Å². The van der Waals surface area contributed by atoms with Crippen LogP contribution in [0.4, 0.5) is 0 Å². The van der Waals surface area contributed by atoms with Crippen molar-refractivity contribution in [2.45, 2.75) is 13.3 Å². The molecule has 0 N–H and O–H groups in total. The van der Waals surface area contributed by atoms with Crippen LogP contribution in [0.2, 0.25) is 0 Å². The molecule has 0 saturated heterocycles. The van der Waals surface area contributed by atoms with Crippen molar-refractivity contribution in [3.8, 4) is 11.5 Å². The van der Waals surface area contributed by atoms with E-state index in [0.717, 1.165) is 12.0 Å². The van der Waals surface area contributed by atoms with Gasteiger partial charge in [0.15, 0.2) is 17.3 Å². The molecular formula is C19H20O3. The first kappa shape index (κ1) is 15.8. The van der Waals surface area contributed by atoms with Crippen molar-refractivity contribution in [2.75, 3.05) is 14.2 Å². The molecule has 2 rings (SSSR count). The highest BCUT2D eigenvalue weighted by molar-refractivity contribution is 6.07. The van der Waals surface area contributed by atoms with Crippen molar-refractivity contribution >= 4 is 11.9 Å². The minimum absolute atomic E-state index is 0.0347. The Balaban J connectivity index is 2.22. The number of carbonyl (C=O) groups is 1. The standard InChI is InChI=1S/C19H20O3/c1-4-14-8-10-15(11-9-14)17(20)13-12-16-6-5-7-18(21-2)19(16)22-3/h5-13H,4H2,1-3H3/b13-12+. The van der Waals surface area contributed by atoms with Crippen LogP contribution in [0.15, 0.2) is 48.5 Å². The third kappa shape index (κ3) is 3.55. The molecule has 0 amide bonds. The second-order valence-corrected chi connectivity index (χ2v) is 4.83. The Kier molecular flexibility index (Phi) is 5.37. The number of ether oxygens (including phenoxy) is 2. The summed E-state index contributed by atoms with van der Waals surface area (Å²) in [6, 6.07) is 13.2. The van der Waals surface area contributed by atoms with E-state index in [1.54, 1.807) is 26.4 Å². The van der Waals surface area contributed by atoms with Crippen molar-refractivity contribution in [1.29, 1.82) is 0 Å². The summed E-state index contributed by atoms with van der Waals surface area (Å²) in [6.45, 7) is 2.09. The maximum Gasteiger partial charge on any atom is 0.185 e. The quantitative estimate of drug-likeness (QED) is 0.593. The van der Waals surface area contributed by atoms with Gasteiger partial charge >= 0.3 is 0 Å². The van der Waals surface area contributed by atoms with Gasteiger partial charge in [-0.3, -0.25) is 4.79 Å². The fourth-order valence-electron chi connectivity index (χ4n) is 2.21. The lowest BCUT2D eigenvalue weighted by Gasteiger charge is -2.09. The van der Waals surface area contributed by atoms with Crippen molar-refractivity contribution in [1.82, 2.24) is 0 Å². The lowest BCUT2D eigenvalue weighted by molar-refractivity contribution is 0.104. The highest BCUT2D eigenvalue weighted by atomic mass is 16.5. The maximum atomic E-state index is 12.2. The second-order valence-electron chi connectivity index (χ2n) is 4.83. The first-order valence-corrected chi connectivity index (χ1v) is 7.22. The highest BCUT2D eigenvalue weighted by Crippen LogP contribution is 2.31. The molecule has 0 fully saturated rings. The van der Waals surface area contributed by atoms with Gasteiger partial charge in [-0.25, -0.2) is 0 Å². The van der Waals surface area contributed by atoms with Crippen LogP contribution in [-0.2, 0) is 6.42 Å². The van der Waals surface area contributed by atoms with E-state index in [1.807, 2.05) is 42.5 Å². The number of methoxy groups -OCH3 is 2. The lowest BCUT2D eigenvalue weighted by Crippen LogP contribution is -1.96. The van der Waals surface area contributed by atoms with Gasteiger partial charge in [0.1, 0.15) is 0 Å². The zero-order valence-electron chi connectivity index (χ0n) is 13.1. The molecule has 2 aromatic rings. The predicted octanol–water partition coefficient (Wildman–Crippen LogP) is 4.16. The van der Waals surface area contributed by atoms with E-state index in [-0.39, 0.29) is 5.78 Å². The zero-order chi connectivity index (χ0) is 15.9. The summed E-state index contributed by atoms with van der Waals surface area (Å²) in [4.78, 5) is 12.2. The number of para-hydroxylation sites is 1. The lowest BCUT2D eigenvalue weighted by atomic mass is 10.1. The molecule has 0 spiro atoms. The van der Waals surface area contributed by atoms with Gasteiger partial charge < -0.3 is 9.47 Å². The molecule has 0 unspecified atom stereocenters. The molecule has 0 radical (unpaired) electrons. The topological polar surface area (TPSA) is 35.5 Å². The van der Waals surface area contributed by atoms with E-state index in [2.05, 4.69) is 6.92 Å². The van der Waals surface area contributed by atoms with Crippen LogP contribution in [0.5, 0.6) is 11.5 Å². The minimum Gasteiger partial charge on any atom is -0.493 e. The molecule has 3 heteroatoms. The summed E-state index contributed by atoms with van der Waals surface area (Å²) < 4.78 is 10.6. The summed E-state index contributed by atoms with van der Waals surface area (Å²) in [5, 5.41) is 0. The highest BCUT2D eigenvalue weighted by Gasteiger charge is 2.08. The molecule has 22 heavy (non-hydrogen) atoms. The minimum atomic E-state index is -0.0347. The first-order chi connectivity index (χ1) is 10.7. The Morgan fingerprint density at radius 1 is 1.05 bits per heavy atom. The SMILES string of the molecule is CCc1ccc(C(=O)/C=C/c2cccc(OC)c2OC)cc1. The van der Waals surface area contributed by atoms with Crippen LogP contribution in [0.3, 0.4) is 0 Å². The van der Waals surface area contributed by atoms with E-state index >= 15 is 0 Å². The Labute approximate surface area is 131 Å². The number of rotatable bonds is 6. The smallest absolute Gasteiger partial charge is 0.185 e. The Bertz CT molecular complexity index is 670. The first-order valence-electron chi connectivity index (χ1n) is 7.22. The van der Waals surface area contributed by atoms with Gasteiger partial charge in [0.2, 0.25) is 0 Å². The normalized spacial score (nSPS) is 10.7. The van der Waals surface area contributed by atoms with Gasteiger partial charge in [-0.15, -0.1) is 0 Å². The number of ketones is 1. The Morgan fingerprint density at radius 3 is 2.36 bits per heavy atom. The van der Waals surface area contributed by atoms with E-state index < -0.39 is 0 Å². The Morgan fingerprint density at radius 2 is 1.77 bits per heavy atom. The van der Waals surface area contributed by atoms with Crippen molar-refractivity contribution in [2.24, 2.45) is 0 Å². The van der Waals surface area contributed by atoms with Crippen molar-refractivity contribution in [3.05, 3.63) is 65.2 Å². The van der Waals surface area contributed by atoms with Gasteiger partial charge in [0.05, 0.1) is 14.2 Å².